The van der Waals surface area contributed by atoms with E-state index in [1.54, 1.807) is 23.5 Å². The minimum Gasteiger partial charge on any atom is -0.488 e. The molecule has 0 amide bonds. The third-order valence-corrected chi connectivity index (χ3v) is 5.24. The number of carboxylic acids is 1. The second-order valence-corrected chi connectivity index (χ2v) is 7.38. The lowest BCUT2D eigenvalue weighted by Crippen LogP contribution is -2.10. The average Bonchev–Trinajstić information content (AvgIpc) is 3.00. The third-order valence-electron chi connectivity index (χ3n) is 4.06. The second-order valence-electron chi connectivity index (χ2n) is 6.29. The molecule has 3 rings (SSSR count). The summed E-state index contributed by atoms with van der Waals surface area (Å²) in [5.74, 6) is 0.250. The first-order valence-corrected chi connectivity index (χ1v) is 9.35. The van der Waals surface area contributed by atoms with Crippen LogP contribution in [0.1, 0.15) is 21.7 Å². The number of benzene rings is 2. The summed E-state index contributed by atoms with van der Waals surface area (Å²) in [6, 6.07) is 13.7. The van der Waals surface area contributed by atoms with Crippen molar-refractivity contribution >= 4 is 17.3 Å². The molecule has 3 aromatic rings. The number of ether oxygens (including phenoxy) is 2. The zero-order chi connectivity index (χ0) is 19.4. The Balaban J connectivity index is 1.67. The molecule has 0 unspecified atom stereocenters. The fourth-order valence-corrected chi connectivity index (χ4v) is 3.52. The number of carbonyl (C=O) groups is 1. The van der Waals surface area contributed by atoms with E-state index in [0.29, 0.717) is 18.1 Å². The molecule has 0 atom stereocenters. The van der Waals surface area contributed by atoms with Crippen molar-refractivity contribution in [3.63, 3.8) is 0 Å². The summed E-state index contributed by atoms with van der Waals surface area (Å²) >= 11 is 1.63. The normalized spacial score (nSPS) is 10.6. The van der Waals surface area contributed by atoms with E-state index in [4.69, 9.17) is 14.6 Å². The van der Waals surface area contributed by atoms with Gasteiger partial charge in [-0.2, -0.15) is 0 Å². The van der Waals surface area contributed by atoms with E-state index < -0.39 is 5.97 Å². The molecule has 0 bridgehead atoms. The third kappa shape index (κ3) is 4.86. The molecule has 0 aliphatic carbocycles. The van der Waals surface area contributed by atoms with Gasteiger partial charge in [0, 0.05) is 5.56 Å². The molecule has 0 fully saturated rings. The van der Waals surface area contributed by atoms with Crippen LogP contribution in [-0.2, 0) is 11.4 Å². The van der Waals surface area contributed by atoms with Crippen molar-refractivity contribution in [3.8, 4) is 22.1 Å². The number of aryl methyl sites for hydroxylation is 3. The number of nitrogens with zero attached hydrogens (tertiary/aromatic N) is 1. The standard InChI is InChI=1S/C21H21NO4S/c1-13-4-6-16(7-5-13)21-22-15(3)19(27-21)11-25-17-8-9-18(14(2)10-17)26-12-20(23)24/h4-10H,11-12H2,1-3H3,(H,23,24). The summed E-state index contributed by atoms with van der Waals surface area (Å²) in [6.07, 6.45) is 0. The van der Waals surface area contributed by atoms with Crippen molar-refractivity contribution in [3.05, 3.63) is 64.2 Å². The molecule has 1 N–H and O–H groups in total. The molecule has 5 nitrogen and oxygen atoms in total. The maximum atomic E-state index is 10.6. The lowest BCUT2D eigenvalue weighted by molar-refractivity contribution is -0.139. The molecule has 140 valence electrons. The van der Waals surface area contributed by atoms with Gasteiger partial charge in [0.1, 0.15) is 23.1 Å². The molecular weight excluding hydrogens is 362 g/mol. The van der Waals surface area contributed by atoms with E-state index in [9.17, 15) is 4.79 Å². The van der Waals surface area contributed by atoms with Crippen LogP contribution in [0.5, 0.6) is 11.5 Å². The van der Waals surface area contributed by atoms with E-state index in [2.05, 4.69) is 36.2 Å². The Labute approximate surface area is 162 Å². The quantitative estimate of drug-likeness (QED) is 0.636. The van der Waals surface area contributed by atoms with Gasteiger partial charge in [-0.25, -0.2) is 9.78 Å². The van der Waals surface area contributed by atoms with Crippen LogP contribution in [-0.4, -0.2) is 22.7 Å². The van der Waals surface area contributed by atoms with Gasteiger partial charge in [0.15, 0.2) is 6.61 Å². The van der Waals surface area contributed by atoms with E-state index in [0.717, 1.165) is 26.7 Å². The smallest absolute Gasteiger partial charge is 0.341 e. The summed E-state index contributed by atoms with van der Waals surface area (Å²) in [5.41, 5.74) is 4.13. The van der Waals surface area contributed by atoms with Gasteiger partial charge in [-0.05, 0) is 44.5 Å². The number of aromatic nitrogens is 1. The van der Waals surface area contributed by atoms with Crippen LogP contribution in [0.4, 0.5) is 0 Å². The summed E-state index contributed by atoms with van der Waals surface area (Å²) in [4.78, 5) is 16.3. The minimum absolute atomic E-state index is 0.358. The van der Waals surface area contributed by atoms with Crippen LogP contribution in [0.15, 0.2) is 42.5 Å². The van der Waals surface area contributed by atoms with Crippen LogP contribution >= 0.6 is 11.3 Å². The fraction of sp³-hybridized carbons (Fsp3) is 0.238. The number of thiazole rings is 1. The highest BCUT2D eigenvalue weighted by Crippen LogP contribution is 2.30. The Bertz CT molecular complexity index is 947. The largest absolute Gasteiger partial charge is 0.488 e. The molecule has 0 aliphatic heterocycles. The first-order valence-electron chi connectivity index (χ1n) is 8.54. The van der Waals surface area contributed by atoms with Gasteiger partial charge in [-0.15, -0.1) is 11.3 Å². The molecule has 0 saturated heterocycles. The molecule has 1 aromatic heterocycles. The lowest BCUT2D eigenvalue weighted by Gasteiger charge is -2.10. The maximum absolute atomic E-state index is 10.6. The van der Waals surface area contributed by atoms with Crippen molar-refractivity contribution in [2.24, 2.45) is 0 Å². The highest BCUT2D eigenvalue weighted by atomic mass is 32.1. The van der Waals surface area contributed by atoms with Crippen molar-refractivity contribution < 1.29 is 19.4 Å². The molecule has 0 spiro atoms. The van der Waals surface area contributed by atoms with Crippen molar-refractivity contribution in [2.75, 3.05) is 6.61 Å². The predicted molar refractivity (Wildman–Crippen MR) is 106 cm³/mol. The fourth-order valence-electron chi connectivity index (χ4n) is 2.54. The number of hydrogen-bond acceptors (Lipinski definition) is 5. The Morgan fingerprint density at radius 3 is 2.48 bits per heavy atom. The highest BCUT2D eigenvalue weighted by Gasteiger charge is 2.11. The second kappa shape index (κ2) is 8.22. The van der Waals surface area contributed by atoms with Crippen LogP contribution in [0.3, 0.4) is 0 Å². The van der Waals surface area contributed by atoms with E-state index in [-0.39, 0.29) is 6.61 Å². The zero-order valence-corrected chi connectivity index (χ0v) is 16.3. The lowest BCUT2D eigenvalue weighted by atomic mass is 10.2. The van der Waals surface area contributed by atoms with Gasteiger partial charge < -0.3 is 14.6 Å². The van der Waals surface area contributed by atoms with Gasteiger partial charge in [0.2, 0.25) is 0 Å². The molecule has 2 aromatic carbocycles. The number of rotatable bonds is 7. The van der Waals surface area contributed by atoms with Gasteiger partial charge in [-0.1, -0.05) is 29.8 Å². The van der Waals surface area contributed by atoms with Crippen LogP contribution in [0.2, 0.25) is 0 Å². The SMILES string of the molecule is Cc1ccc(-c2nc(C)c(COc3ccc(OCC(=O)O)c(C)c3)s2)cc1. The predicted octanol–water partition coefficient (Wildman–Crippen LogP) is 4.78. The van der Waals surface area contributed by atoms with Crippen LogP contribution < -0.4 is 9.47 Å². The van der Waals surface area contributed by atoms with Crippen molar-refractivity contribution in [2.45, 2.75) is 27.4 Å². The number of hydrogen-bond donors (Lipinski definition) is 1. The number of aliphatic carboxylic acids is 1. The van der Waals surface area contributed by atoms with Gasteiger partial charge >= 0.3 is 5.97 Å². The van der Waals surface area contributed by atoms with Crippen molar-refractivity contribution in [1.82, 2.24) is 4.98 Å². The Kier molecular flexibility index (Phi) is 5.76. The first kappa shape index (κ1) is 18.9. The summed E-state index contributed by atoms with van der Waals surface area (Å²) in [5, 5.41) is 9.69. The molecular formula is C21H21NO4S. The Morgan fingerprint density at radius 1 is 1.07 bits per heavy atom. The molecule has 0 aliphatic rings. The van der Waals surface area contributed by atoms with Crippen LogP contribution in [0, 0.1) is 20.8 Å². The molecule has 27 heavy (non-hydrogen) atoms. The number of carboxylic acid groups (broad SMARTS) is 1. The topological polar surface area (TPSA) is 68.7 Å². The average molecular weight is 383 g/mol. The monoisotopic (exact) mass is 383 g/mol. The first-order chi connectivity index (χ1) is 12.9. The van der Waals surface area contributed by atoms with E-state index in [1.807, 2.05) is 19.9 Å². The highest BCUT2D eigenvalue weighted by molar-refractivity contribution is 7.15. The van der Waals surface area contributed by atoms with E-state index in [1.165, 1.54) is 5.56 Å². The van der Waals surface area contributed by atoms with Gasteiger partial charge in [0.25, 0.3) is 0 Å². The van der Waals surface area contributed by atoms with Gasteiger partial charge in [0.05, 0.1) is 10.6 Å². The van der Waals surface area contributed by atoms with E-state index >= 15 is 0 Å². The summed E-state index contributed by atoms with van der Waals surface area (Å²) < 4.78 is 11.1. The molecule has 0 radical (unpaired) electrons. The van der Waals surface area contributed by atoms with Crippen LogP contribution in [0.25, 0.3) is 10.6 Å². The molecule has 0 saturated carbocycles. The summed E-state index contributed by atoms with van der Waals surface area (Å²) in [6.45, 7) is 5.99. The Hall–Kier alpha value is -2.86. The molecule has 6 heteroatoms. The van der Waals surface area contributed by atoms with Gasteiger partial charge in [-0.3, -0.25) is 0 Å². The minimum atomic E-state index is -1.00. The maximum Gasteiger partial charge on any atom is 0.341 e. The Morgan fingerprint density at radius 2 is 1.81 bits per heavy atom. The zero-order valence-electron chi connectivity index (χ0n) is 15.5. The van der Waals surface area contributed by atoms with Crippen molar-refractivity contribution in [1.29, 1.82) is 0 Å². The summed E-state index contributed by atoms with van der Waals surface area (Å²) in [7, 11) is 0. The molecule has 1 heterocycles.